The molecule has 0 spiro atoms. The van der Waals surface area contributed by atoms with E-state index in [1.165, 1.54) is 6.92 Å². The second-order valence-corrected chi connectivity index (χ2v) is 9.99. The Morgan fingerprint density at radius 2 is 1.93 bits per heavy atom. The molecular formula is C20H28ClN3O3S. The van der Waals surface area contributed by atoms with Crippen LogP contribution in [0.15, 0.2) is 35.6 Å². The smallest absolute Gasteiger partial charge is 0.228 e. The van der Waals surface area contributed by atoms with Crippen molar-refractivity contribution in [2.24, 2.45) is 5.92 Å². The van der Waals surface area contributed by atoms with Crippen LogP contribution in [0.3, 0.4) is 0 Å². The zero-order valence-corrected chi connectivity index (χ0v) is 18.6. The summed E-state index contributed by atoms with van der Waals surface area (Å²) in [5.41, 5.74) is 1.32. The second kappa shape index (κ2) is 9.09. The van der Waals surface area contributed by atoms with Crippen molar-refractivity contribution in [3.05, 3.63) is 46.7 Å². The van der Waals surface area contributed by atoms with E-state index >= 15 is 0 Å². The van der Waals surface area contributed by atoms with Crippen LogP contribution in [0.4, 0.5) is 0 Å². The van der Waals surface area contributed by atoms with E-state index in [9.17, 15) is 13.2 Å². The number of amides is 1. The monoisotopic (exact) mass is 425 g/mol. The Labute approximate surface area is 172 Å². The fraction of sp³-hybridized carbons (Fsp3) is 0.500. The van der Waals surface area contributed by atoms with E-state index in [-0.39, 0.29) is 28.8 Å². The Morgan fingerprint density at radius 1 is 1.25 bits per heavy atom. The maximum absolute atomic E-state index is 13.1. The predicted octanol–water partition coefficient (Wildman–Crippen LogP) is 3.92. The van der Waals surface area contributed by atoms with Crippen LogP contribution < -0.4 is 0 Å². The highest BCUT2D eigenvalue weighted by molar-refractivity contribution is 7.90. The first-order valence-corrected chi connectivity index (χ1v) is 11.3. The van der Waals surface area contributed by atoms with Crippen molar-refractivity contribution in [3.63, 3.8) is 0 Å². The molecule has 0 atom stereocenters. The van der Waals surface area contributed by atoms with Gasteiger partial charge in [0.25, 0.3) is 0 Å². The van der Waals surface area contributed by atoms with Gasteiger partial charge in [0.15, 0.2) is 0 Å². The van der Waals surface area contributed by atoms with E-state index in [4.69, 9.17) is 11.6 Å². The van der Waals surface area contributed by atoms with Gasteiger partial charge in [-0.15, -0.1) is 0 Å². The number of hydrogen-bond donors (Lipinski definition) is 0. The van der Waals surface area contributed by atoms with E-state index in [1.807, 2.05) is 27.7 Å². The molecule has 0 unspecified atom stereocenters. The van der Waals surface area contributed by atoms with E-state index in [2.05, 4.69) is 4.98 Å². The minimum Gasteiger partial charge on any atom is -0.335 e. The highest BCUT2D eigenvalue weighted by Gasteiger charge is 2.26. The second-order valence-electron chi connectivity index (χ2n) is 7.67. The summed E-state index contributed by atoms with van der Waals surface area (Å²) in [6.07, 6.45) is 1.56. The topological polar surface area (TPSA) is 72.3 Å². The van der Waals surface area contributed by atoms with Gasteiger partial charge in [0.05, 0.1) is 24.2 Å². The van der Waals surface area contributed by atoms with Crippen molar-refractivity contribution >= 4 is 27.3 Å². The maximum Gasteiger partial charge on any atom is 0.228 e. The highest BCUT2D eigenvalue weighted by Crippen LogP contribution is 2.22. The Hall–Kier alpha value is -1.86. The largest absolute Gasteiger partial charge is 0.335 e. The molecule has 6 nitrogen and oxygen atoms in total. The van der Waals surface area contributed by atoms with Crippen molar-refractivity contribution in [2.45, 2.75) is 64.7 Å². The molecule has 1 aromatic heterocycles. The van der Waals surface area contributed by atoms with E-state index in [0.717, 1.165) is 0 Å². The van der Waals surface area contributed by atoms with Gasteiger partial charge in [-0.05, 0) is 37.5 Å². The average Bonchev–Trinajstić information content (AvgIpc) is 2.94. The van der Waals surface area contributed by atoms with Crippen LogP contribution in [0.25, 0.3) is 0 Å². The number of carbonyl (C=O) groups excluding carboxylic acids is 1. The van der Waals surface area contributed by atoms with Crippen molar-refractivity contribution in [1.29, 1.82) is 0 Å². The number of aromatic nitrogens is 2. The van der Waals surface area contributed by atoms with Crippen LogP contribution in [0.2, 0.25) is 5.02 Å². The molecule has 1 amide bonds. The summed E-state index contributed by atoms with van der Waals surface area (Å²) in [7, 11) is -3.67. The molecule has 0 aliphatic carbocycles. The molecule has 154 valence electrons. The van der Waals surface area contributed by atoms with Crippen LogP contribution in [0, 0.1) is 5.92 Å². The van der Waals surface area contributed by atoms with Crippen LogP contribution >= 0.6 is 11.6 Å². The Balaban J connectivity index is 2.43. The minimum atomic E-state index is -3.67. The van der Waals surface area contributed by atoms with Crippen LogP contribution in [0.5, 0.6) is 0 Å². The maximum atomic E-state index is 13.1. The Bertz CT molecular complexity index is 936. The summed E-state index contributed by atoms with van der Waals surface area (Å²) in [5, 5.41) is 0.524. The lowest BCUT2D eigenvalue weighted by Gasteiger charge is -2.26. The summed E-state index contributed by atoms with van der Waals surface area (Å²) < 4.78 is 27.9. The van der Waals surface area contributed by atoms with Gasteiger partial charge in [-0.3, -0.25) is 4.79 Å². The Kier molecular flexibility index (Phi) is 7.28. The lowest BCUT2D eigenvalue weighted by Crippen LogP contribution is -2.35. The first kappa shape index (κ1) is 22.4. The third-order valence-corrected chi connectivity index (χ3v) is 6.16. The molecule has 0 aliphatic rings. The summed E-state index contributed by atoms with van der Waals surface area (Å²) >= 11 is 5.99. The third-order valence-electron chi connectivity index (χ3n) is 4.33. The first-order chi connectivity index (χ1) is 13.0. The SMILES string of the molecule is CC(=O)N(Cc1cnc(S(=O)(=O)Cc2cccc(Cl)c2)n1CC(C)C)C(C)C. The third kappa shape index (κ3) is 5.58. The number of imidazole rings is 1. The minimum absolute atomic E-state index is 0.00594. The lowest BCUT2D eigenvalue weighted by molar-refractivity contribution is -0.131. The molecule has 0 N–H and O–H groups in total. The number of sulfone groups is 1. The molecule has 8 heteroatoms. The molecule has 0 radical (unpaired) electrons. The quantitative estimate of drug-likeness (QED) is 0.642. The van der Waals surface area contributed by atoms with Gasteiger partial charge in [0.2, 0.25) is 20.9 Å². The predicted molar refractivity (Wildman–Crippen MR) is 111 cm³/mol. The van der Waals surface area contributed by atoms with E-state index < -0.39 is 9.84 Å². The van der Waals surface area contributed by atoms with E-state index in [1.54, 1.807) is 39.9 Å². The van der Waals surface area contributed by atoms with Crippen molar-refractivity contribution < 1.29 is 13.2 Å². The van der Waals surface area contributed by atoms with Gasteiger partial charge < -0.3 is 9.47 Å². The molecule has 28 heavy (non-hydrogen) atoms. The number of benzene rings is 1. The van der Waals surface area contributed by atoms with Crippen LogP contribution in [0.1, 0.15) is 45.9 Å². The van der Waals surface area contributed by atoms with Crippen LogP contribution in [-0.2, 0) is 33.5 Å². The van der Waals surface area contributed by atoms with Crippen molar-refractivity contribution in [2.75, 3.05) is 0 Å². The molecule has 2 aromatic rings. The molecule has 1 aromatic carbocycles. The fourth-order valence-corrected chi connectivity index (χ4v) is 4.77. The summed E-state index contributed by atoms with van der Waals surface area (Å²) in [6, 6.07) is 6.82. The zero-order valence-electron chi connectivity index (χ0n) is 17.0. The average molecular weight is 426 g/mol. The summed E-state index contributed by atoms with van der Waals surface area (Å²) in [4.78, 5) is 17.9. The molecule has 2 rings (SSSR count). The molecule has 0 saturated carbocycles. The normalized spacial score (nSPS) is 12.0. The van der Waals surface area contributed by atoms with Gasteiger partial charge in [-0.1, -0.05) is 37.6 Å². The fourth-order valence-electron chi connectivity index (χ4n) is 3.07. The zero-order chi connectivity index (χ0) is 21.1. The van der Waals surface area contributed by atoms with Crippen molar-refractivity contribution in [3.8, 4) is 0 Å². The number of nitrogens with zero attached hydrogens (tertiary/aromatic N) is 3. The van der Waals surface area contributed by atoms with Gasteiger partial charge >= 0.3 is 0 Å². The van der Waals surface area contributed by atoms with Crippen molar-refractivity contribution in [1.82, 2.24) is 14.5 Å². The molecule has 0 bridgehead atoms. The van der Waals surface area contributed by atoms with Gasteiger partial charge in [-0.25, -0.2) is 13.4 Å². The molecule has 0 fully saturated rings. The summed E-state index contributed by atoms with van der Waals surface area (Å²) in [6.45, 7) is 10.2. The lowest BCUT2D eigenvalue weighted by atomic mass is 10.2. The number of halogens is 1. The standard InChI is InChI=1S/C20H28ClN3O3S/c1-14(2)11-24-19(12-23(15(3)4)16(5)25)10-22-20(24)28(26,27)13-17-7-6-8-18(21)9-17/h6-10,14-15H,11-13H2,1-5H3. The van der Waals surface area contributed by atoms with Gasteiger partial charge in [-0.2, -0.15) is 0 Å². The number of rotatable bonds is 8. The number of carbonyl (C=O) groups is 1. The highest BCUT2D eigenvalue weighted by atomic mass is 35.5. The Morgan fingerprint density at radius 3 is 2.46 bits per heavy atom. The van der Waals surface area contributed by atoms with Gasteiger partial charge in [0, 0.05) is 24.5 Å². The first-order valence-electron chi connectivity index (χ1n) is 9.30. The van der Waals surface area contributed by atoms with Crippen LogP contribution in [-0.4, -0.2) is 34.8 Å². The number of hydrogen-bond acceptors (Lipinski definition) is 4. The molecular weight excluding hydrogens is 398 g/mol. The summed E-state index contributed by atoms with van der Waals surface area (Å²) in [5.74, 6) is -0.0172. The van der Waals surface area contributed by atoms with Gasteiger partial charge in [0.1, 0.15) is 0 Å². The molecule has 0 saturated heterocycles. The molecule has 1 heterocycles. The molecule has 0 aliphatic heterocycles. The van der Waals surface area contributed by atoms with E-state index in [0.29, 0.717) is 29.4 Å².